The predicted molar refractivity (Wildman–Crippen MR) is 47.0 cm³/mol. The van der Waals surface area contributed by atoms with Gasteiger partial charge in [0.1, 0.15) is 5.82 Å². The number of rotatable bonds is 1. The molecule has 0 aliphatic rings. The lowest BCUT2D eigenvalue weighted by molar-refractivity contribution is 1.15. The molecule has 0 aromatic carbocycles. The molecule has 0 fully saturated rings. The fourth-order valence-electron chi connectivity index (χ4n) is 0.356. The van der Waals surface area contributed by atoms with E-state index in [1.165, 1.54) is 11.5 Å². The molecule has 0 saturated heterocycles. The highest BCUT2D eigenvalue weighted by molar-refractivity contribution is 7.09. The molecule has 0 amide bonds. The standard InChI is InChI=1S/C3H6N4S.2ClH/c1-2-5-3(6-4)8-7-2;;/h4H2,1H3,(H,5,6,7);2*1H. The van der Waals surface area contributed by atoms with Crippen LogP contribution < -0.4 is 11.3 Å². The Kier molecular flexibility index (Phi) is 7.12. The second-order valence-electron chi connectivity index (χ2n) is 1.29. The van der Waals surface area contributed by atoms with Crippen LogP contribution in [-0.2, 0) is 0 Å². The van der Waals surface area contributed by atoms with Crippen molar-refractivity contribution in [3.63, 3.8) is 0 Å². The van der Waals surface area contributed by atoms with Crippen molar-refractivity contribution in [1.82, 2.24) is 9.36 Å². The van der Waals surface area contributed by atoms with Crippen molar-refractivity contribution in [3.8, 4) is 0 Å². The lowest BCUT2D eigenvalue weighted by Crippen LogP contribution is -2.05. The van der Waals surface area contributed by atoms with Gasteiger partial charge in [0.25, 0.3) is 0 Å². The van der Waals surface area contributed by atoms with Gasteiger partial charge in [-0.05, 0) is 6.92 Å². The summed E-state index contributed by atoms with van der Waals surface area (Å²) in [6, 6.07) is 0. The maximum Gasteiger partial charge on any atom is 0.216 e. The van der Waals surface area contributed by atoms with Crippen LogP contribution >= 0.6 is 36.3 Å². The Hall–Kier alpha value is -0.100. The highest BCUT2D eigenvalue weighted by Gasteiger charge is 1.92. The Labute approximate surface area is 75.2 Å². The molecule has 0 saturated carbocycles. The number of nitrogens with two attached hydrogens (primary N) is 1. The second-order valence-corrected chi connectivity index (χ2v) is 2.04. The molecule has 7 heteroatoms. The van der Waals surface area contributed by atoms with Crippen molar-refractivity contribution in [3.05, 3.63) is 5.82 Å². The summed E-state index contributed by atoms with van der Waals surface area (Å²) >= 11 is 1.25. The van der Waals surface area contributed by atoms with E-state index in [9.17, 15) is 0 Å². The molecule has 0 spiro atoms. The largest absolute Gasteiger partial charge is 0.299 e. The summed E-state index contributed by atoms with van der Waals surface area (Å²) in [6.07, 6.45) is 0. The Morgan fingerprint density at radius 3 is 2.30 bits per heavy atom. The van der Waals surface area contributed by atoms with Crippen molar-refractivity contribution < 1.29 is 0 Å². The number of hydrazine groups is 1. The minimum Gasteiger partial charge on any atom is -0.299 e. The molecular formula is C3H8Cl2N4S. The molecule has 4 nitrogen and oxygen atoms in total. The molecule has 0 aliphatic carbocycles. The summed E-state index contributed by atoms with van der Waals surface area (Å²) < 4.78 is 3.88. The van der Waals surface area contributed by atoms with Gasteiger partial charge in [-0.25, -0.2) is 10.8 Å². The number of anilines is 1. The minimum absolute atomic E-state index is 0. The van der Waals surface area contributed by atoms with Crippen molar-refractivity contribution >= 4 is 41.5 Å². The molecule has 10 heavy (non-hydrogen) atoms. The van der Waals surface area contributed by atoms with Gasteiger partial charge in [-0.2, -0.15) is 4.37 Å². The Balaban J connectivity index is 0. The number of hydrogen-bond acceptors (Lipinski definition) is 5. The zero-order chi connectivity index (χ0) is 5.98. The van der Waals surface area contributed by atoms with E-state index in [1.807, 2.05) is 6.92 Å². The van der Waals surface area contributed by atoms with E-state index in [-0.39, 0.29) is 24.8 Å². The van der Waals surface area contributed by atoms with Gasteiger partial charge in [-0.15, -0.1) is 24.8 Å². The average Bonchev–Trinajstić information content (AvgIpc) is 2.14. The highest BCUT2D eigenvalue weighted by Crippen LogP contribution is 2.06. The van der Waals surface area contributed by atoms with E-state index in [4.69, 9.17) is 5.84 Å². The molecule has 60 valence electrons. The first kappa shape index (κ1) is 12.6. The molecule has 1 aromatic heterocycles. The predicted octanol–water partition coefficient (Wildman–Crippen LogP) is 0.976. The summed E-state index contributed by atoms with van der Waals surface area (Å²) in [5, 5.41) is 0.655. The monoisotopic (exact) mass is 202 g/mol. The molecule has 1 aromatic rings. The van der Waals surface area contributed by atoms with Crippen molar-refractivity contribution in [2.24, 2.45) is 5.84 Å². The van der Waals surface area contributed by atoms with Gasteiger partial charge in [0.15, 0.2) is 0 Å². The van der Waals surface area contributed by atoms with Crippen LogP contribution in [0.4, 0.5) is 5.13 Å². The zero-order valence-electron chi connectivity index (χ0n) is 5.20. The molecule has 0 bridgehead atoms. The van der Waals surface area contributed by atoms with Crippen molar-refractivity contribution in [2.45, 2.75) is 6.92 Å². The van der Waals surface area contributed by atoms with Crippen LogP contribution in [0.2, 0.25) is 0 Å². The topological polar surface area (TPSA) is 63.8 Å². The number of nitrogens with zero attached hydrogens (tertiary/aromatic N) is 2. The Morgan fingerprint density at radius 1 is 1.50 bits per heavy atom. The van der Waals surface area contributed by atoms with Gasteiger partial charge in [0, 0.05) is 11.5 Å². The molecule has 0 atom stereocenters. The maximum absolute atomic E-state index is 5.02. The normalized spacial score (nSPS) is 7.40. The quantitative estimate of drug-likeness (QED) is 0.527. The van der Waals surface area contributed by atoms with E-state index in [0.717, 1.165) is 5.82 Å². The number of aryl methyl sites for hydroxylation is 1. The lowest BCUT2D eigenvalue weighted by atomic mass is 10.8. The van der Waals surface area contributed by atoms with Crippen LogP contribution in [0.3, 0.4) is 0 Å². The van der Waals surface area contributed by atoms with E-state index in [0.29, 0.717) is 5.13 Å². The molecular weight excluding hydrogens is 195 g/mol. The third-order valence-corrected chi connectivity index (χ3v) is 1.39. The fraction of sp³-hybridized carbons (Fsp3) is 0.333. The number of hydrogen-bond donors (Lipinski definition) is 2. The number of aromatic nitrogens is 2. The number of nitrogen functional groups attached to an aromatic ring is 1. The SMILES string of the molecule is Cc1nsc(NN)n1.Cl.Cl. The molecule has 1 rings (SSSR count). The van der Waals surface area contributed by atoms with Crippen LogP contribution in [0.1, 0.15) is 5.82 Å². The Bertz CT molecular complexity index is 179. The van der Waals surface area contributed by atoms with Gasteiger partial charge in [-0.1, -0.05) is 0 Å². The highest BCUT2D eigenvalue weighted by atomic mass is 35.5. The van der Waals surface area contributed by atoms with Gasteiger partial charge in [0.2, 0.25) is 5.13 Å². The summed E-state index contributed by atoms with van der Waals surface area (Å²) in [5.74, 6) is 5.77. The van der Waals surface area contributed by atoms with Crippen LogP contribution in [0.5, 0.6) is 0 Å². The van der Waals surface area contributed by atoms with E-state index in [2.05, 4.69) is 14.8 Å². The summed E-state index contributed by atoms with van der Waals surface area (Å²) in [7, 11) is 0. The van der Waals surface area contributed by atoms with Gasteiger partial charge in [0.05, 0.1) is 0 Å². The molecule has 0 aliphatic heterocycles. The molecule has 3 N–H and O–H groups in total. The summed E-state index contributed by atoms with van der Waals surface area (Å²) in [6.45, 7) is 1.82. The summed E-state index contributed by atoms with van der Waals surface area (Å²) in [4.78, 5) is 3.90. The summed E-state index contributed by atoms with van der Waals surface area (Å²) in [5.41, 5.74) is 2.39. The van der Waals surface area contributed by atoms with E-state index in [1.54, 1.807) is 0 Å². The van der Waals surface area contributed by atoms with E-state index < -0.39 is 0 Å². The first-order valence-corrected chi connectivity index (χ1v) is 2.87. The third-order valence-electron chi connectivity index (χ3n) is 0.651. The van der Waals surface area contributed by atoms with Crippen LogP contribution in [0.25, 0.3) is 0 Å². The second kappa shape index (κ2) is 5.67. The zero-order valence-corrected chi connectivity index (χ0v) is 7.65. The first-order chi connectivity index (χ1) is 3.83. The smallest absolute Gasteiger partial charge is 0.216 e. The van der Waals surface area contributed by atoms with E-state index >= 15 is 0 Å². The maximum atomic E-state index is 5.02. The van der Waals surface area contributed by atoms with Gasteiger partial charge >= 0.3 is 0 Å². The van der Waals surface area contributed by atoms with Gasteiger partial charge in [-0.3, -0.25) is 5.43 Å². The average molecular weight is 203 g/mol. The number of nitrogens with one attached hydrogen (secondary N) is 1. The minimum atomic E-state index is 0. The van der Waals surface area contributed by atoms with Crippen LogP contribution in [0.15, 0.2) is 0 Å². The number of halogens is 2. The third kappa shape index (κ3) is 3.17. The van der Waals surface area contributed by atoms with Crippen LogP contribution in [0, 0.1) is 6.92 Å². The molecule has 0 radical (unpaired) electrons. The van der Waals surface area contributed by atoms with Crippen molar-refractivity contribution in [1.29, 1.82) is 0 Å². The lowest BCUT2D eigenvalue weighted by Gasteiger charge is -1.83. The Morgan fingerprint density at radius 2 is 2.10 bits per heavy atom. The fourth-order valence-corrected chi connectivity index (χ4v) is 0.841. The van der Waals surface area contributed by atoms with Crippen molar-refractivity contribution in [2.75, 3.05) is 5.43 Å². The van der Waals surface area contributed by atoms with Crippen LogP contribution in [-0.4, -0.2) is 9.36 Å². The van der Waals surface area contributed by atoms with Gasteiger partial charge < -0.3 is 0 Å². The molecule has 1 heterocycles. The first-order valence-electron chi connectivity index (χ1n) is 2.10. The molecule has 0 unspecified atom stereocenters.